The van der Waals surface area contributed by atoms with Gasteiger partial charge in [0.25, 0.3) is 0 Å². The summed E-state index contributed by atoms with van der Waals surface area (Å²) in [5.41, 5.74) is 0. The van der Waals surface area contributed by atoms with E-state index in [0.717, 1.165) is 24.8 Å². The molecule has 0 radical (unpaired) electrons. The molecule has 1 aromatic rings. The van der Waals surface area contributed by atoms with Gasteiger partial charge in [-0.15, -0.1) is 0 Å². The Hall–Kier alpha value is -0.510. The zero-order valence-electron chi connectivity index (χ0n) is 9.71. The maximum atomic E-state index is 5.70. The molecule has 0 saturated carbocycles. The number of rotatable bonds is 5. The van der Waals surface area contributed by atoms with E-state index < -0.39 is 0 Å². The number of furan rings is 1. The molecule has 1 unspecified atom stereocenters. The Balaban J connectivity index is 1.65. The van der Waals surface area contributed by atoms with Crippen molar-refractivity contribution in [2.75, 3.05) is 26.2 Å². The largest absolute Gasteiger partial charge is 0.448 e. The molecular formula is C12H19ClN2O. The van der Waals surface area contributed by atoms with E-state index in [4.69, 9.17) is 16.0 Å². The Morgan fingerprint density at radius 1 is 1.56 bits per heavy atom. The molecule has 0 bridgehead atoms. The van der Waals surface area contributed by atoms with Gasteiger partial charge in [0.2, 0.25) is 0 Å². The monoisotopic (exact) mass is 242 g/mol. The summed E-state index contributed by atoms with van der Waals surface area (Å²) in [4.78, 5) is 2.50. The molecule has 0 aliphatic carbocycles. The minimum atomic E-state index is 0.467. The summed E-state index contributed by atoms with van der Waals surface area (Å²) >= 11 is 5.70. The molecule has 2 heterocycles. The number of hydrogen-bond donors (Lipinski definition) is 1. The lowest BCUT2D eigenvalue weighted by Gasteiger charge is -2.13. The summed E-state index contributed by atoms with van der Waals surface area (Å²) in [6.07, 6.45) is 1.31. The van der Waals surface area contributed by atoms with Crippen molar-refractivity contribution in [3.05, 3.63) is 23.1 Å². The van der Waals surface area contributed by atoms with Crippen LogP contribution in [-0.2, 0) is 6.54 Å². The van der Waals surface area contributed by atoms with Crippen LogP contribution in [0.4, 0.5) is 0 Å². The zero-order chi connectivity index (χ0) is 11.4. The van der Waals surface area contributed by atoms with E-state index in [1.807, 2.05) is 6.07 Å². The first kappa shape index (κ1) is 12.0. The molecule has 1 aromatic heterocycles. The highest BCUT2D eigenvalue weighted by Crippen LogP contribution is 2.15. The van der Waals surface area contributed by atoms with Crippen LogP contribution in [0.2, 0.25) is 5.22 Å². The van der Waals surface area contributed by atoms with Crippen LogP contribution in [0.3, 0.4) is 0 Å². The highest BCUT2D eigenvalue weighted by atomic mass is 35.5. The van der Waals surface area contributed by atoms with Crippen LogP contribution < -0.4 is 5.32 Å². The van der Waals surface area contributed by atoms with Gasteiger partial charge in [0.15, 0.2) is 5.22 Å². The predicted octanol–water partition coefficient (Wildman–Crippen LogP) is 2.36. The zero-order valence-corrected chi connectivity index (χ0v) is 10.5. The number of nitrogens with zero attached hydrogens (tertiary/aromatic N) is 1. The van der Waals surface area contributed by atoms with Gasteiger partial charge in [-0.3, -0.25) is 0 Å². The van der Waals surface area contributed by atoms with Gasteiger partial charge in [0.05, 0.1) is 6.54 Å². The van der Waals surface area contributed by atoms with Gasteiger partial charge >= 0.3 is 0 Å². The first-order valence-electron chi connectivity index (χ1n) is 5.95. The minimum Gasteiger partial charge on any atom is -0.448 e. The van der Waals surface area contributed by atoms with Crippen LogP contribution in [-0.4, -0.2) is 31.1 Å². The Kier molecular flexibility index (Phi) is 4.27. The number of likely N-dealkylation sites (tertiary alicyclic amines) is 1. The van der Waals surface area contributed by atoms with E-state index in [1.54, 1.807) is 6.07 Å². The van der Waals surface area contributed by atoms with Gasteiger partial charge in [0, 0.05) is 6.54 Å². The van der Waals surface area contributed by atoms with Gasteiger partial charge in [-0.25, -0.2) is 0 Å². The Bertz CT molecular complexity index is 327. The van der Waals surface area contributed by atoms with E-state index in [9.17, 15) is 0 Å². The highest BCUT2D eigenvalue weighted by molar-refractivity contribution is 6.28. The summed E-state index contributed by atoms with van der Waals surface area (Å²) in [7, 11) is 0. The molecule has 0 amide bonds. The van der Waals surface area contributed by atoms with Crippen molar-refractivity contribution in [2.45, 2.75) is 19.9 Å². The molecule has 16 heavy (non-hydrogen) atoms. The molecule has 0 spiro atoms. The fraction of sp³-hybridized carbons (Fsp3) is 0.667. The fourth-order valence-corrected chi connectivity index (χ4v) is 2.38. The lowest BCUT2D eigenvalue weighted by Crippen LogP contribution is -2.26. The third-order valence-corrected chi connectivity index (χ3v) is 3.38. The molecule has 3 nitrogen and oxygen atoms in total. The molecule has 1 N–H and O–H groups in total. The van der Waals surface area contributed by atoms with Crippen molar-refractivity contribution in [1.82, 2.24) is 10.2 Å². The molecule has 2 rings (SSSR count). The van der Waals surface area contributed by atoms with Gasteiger partial charge in [-0.05, 0) is 55.7 Å². The second kappa shape index (κ2) is 5.71. The lowest BCUT2D eigenvalue weighted by atomic mass is 10.1. The first-order chi connectivity index (χ1) is 7.78. The van der Waals surface area contributed by atoms with Crippen LogP contribution in [0, 0.1) is 5.92 Å². The average molecular weight is 243 g/mol. The topological polar surface area (TPSA) is 28.4 Å². The molecule has 1 fully saturated rings. The van der Waals surface area contributed by atoms with Gasteiger partial charge in [-0.2, -0.15) is 0 Å². The maximum Gasteiger partial charge on any atom is 0.193 e. The van der Waals surface area contributed by atoms with Gasteiger partial charge < -0.3 is 14.6 Å². The Labute approximate surface area is 102 Å². The second-order valence-corrected chi connectivity index (χ2v) is 4.76. The lowest BCUT2D eigenvalue weighted by molar-refractivity contribution is 0.337. The molecule has 90 valence electrons. The first-order valence-corrected chi connectivity index (χ1v) is 6.33. The van der Waals surface area contributed by atoms with Crippen LogP contribution >= 0.6 is 11.6 Å². The van der Waals surface area contributed by atoms with Crippen molar-refractivity contribution in [3.63, 3.8) is 0 Å². The fourth-order valence-electron chi connectivity index (χ4n) is 2.21. The second-order valence-electron chi connectivity index (χ2n) is 4.38. The molecule has 1 aliphatic heterocycles. The molecule has 1 saturated heterocycles. The molecule has 0 aromatic carbocycles. The number of halogens is 1. The summed E-state index contributed by atoms with van der Waals surface area (Å²) in [5, 5.41) is 3.89. The standard InChI is InChI=1S/C12H19ClN2O/c1-2-15-6-5-10(9-15)7-14-8-11-3-4-12(13)16-11/h3-4,10,14H,2,5-9H2,1H3. The van der Waals surface area contributed by atoms with E-state index in [0.29, 0.717) is 5.22 Å². The molecule has 4 heteroatoms. The SMILES string of the molecule is CCN1CCC(CNCc2ccc(Cl)o2)C1. The van der Waals surface area contributed by atoms with E-state index in [2.05, 4.69) is 17.1 Å². The molecular weight excluding hydrogens is 224 g/mol. The van der Waals surface area contributed by atoms with Crippen LogP contribution in [0.5, 0.6) is 0 Å². The van der Waals surface area contributed by atoms with Gasteiger partial charge in [-0.1, -0.05) is 6.92 Å². The Morgan fingerprint density at radius 2 is 2.44 bits per heavy atom. The number of nitrogens with one attached hydrogen (secondary N) is 1. The van der Waals surface area contributed by atoms with Crippen molar-refractivity contribution < 1.29 is 4.42 Å². The van der Waals surface area contributed by atoms with Crippen molar-refractivity contribution >= 4 is 11.6 Å². The summed E-state index contributed by atoms with van der Waals surface area (Å²) in [5.74, 6) is 1.70. The summed E-state index contributed by atoms with van der Waals surface area (Å²) in [6.45, 7) is 7.70. The summed E-state index contributed by atoms with van der Waals surface area (Å²) in [6, 6.07) is 3.70. The van der Waals surface area contributed by atoms with Crippen LogP contribution in [0.25, 0.3) is 0 Å². The molecule has 1 aliphatic rings. The minimum absolute atomic E-state index is 0.467. The third kappa shape index (κ3) is 3.24. The quantitative estimate of drug-likeness (QED) is 0.860. The maximum absolute atomic E-state index is 5.70. The van der Waals surface area contributed by atoms with Crippen LogP contribution in [0.1, 0.15) is 19.1 Å². The van der Waals surface area contributed by atoms with Gasteiger partial charge in [0.1, 0.15) is 5.76 Å². The average Bonchev–Trinajstić information content (AvgIpc) is 2.88. The number of hydrogen-bond acceptors (Lipinski definition) is 3. The van der Waals surface area contributed by atoms with E-state index in [-0.39, 0.29) is 0 Å². The highest BCUT2D eigenvalue weighted by Gasteiger charge is 2.20. The Morgan fingerprint density at radius 3 is 3.06 bits per heavy atom. The molecule has 1 atom stereocenters. The van der Waals surface area contributed by atoms with E-state index in [1.165, 1.54) is 26.1 Å². The third-order valence-electron chi connectivity index (χ3n) is 3.18. The summed E-state index contributed by atoms with van der Waals surface area (Å²) < 4.78 is 5.28. The normalized spacial score (nSPS) is 21.8. The smallest absolute Gasteiger partial charge is 0.193 e. The van der Waals surface area contributed by atoms with Crippen molar-refractivity contribution in [1.29, 1.82) is 0 Å². The van der Waals surface area contributed by atoms with Crippen molar-refractivity contribution in [3.8, 4) is 0 Å². The predicted molar refractivity (Wildman–Crippen MR) is 65.6 cm³/mol. The van der Waals surface area contributed by atoms with Crippen LogP contribution in [0.15, 0.2) is 16.5 Å². The van der Waals surface area contributed by atoms with E-state index >= 15 is 0 Å². The van der Waals surface area contributed by atoms with Crippen molar-refractivity contribution in [2.24, 2.45) is 5.92 Å².